The number of nitro benzene ring substituents is 1. The van der Waals surface area contributed by atoms with Gasteiger partial charge in [-0.1, -0.05) is 11.6 Å². The number of benzene rings is 2. The Labute approximate surface area is 194 Å². The third-order valence-electron chi connectivity index (χ3n) is 5.22. The van der Waals surface area contributed by atoms with Gasteiger partial charge >= 0.3 is 0 Å². The van der Waals surface area contributed by atoms with E-state index >= 15 is 0 Å². The SMILES string of the molecule is O=C(COc1ccc([N+](=O)[O-])cc1Cl)N1CCN(S(=O)(=O)c2ccc3c(c2)OCCO3)CC1. The minimum Gasteiger partial charge on any atom is -0.486 e. The van der Waals surface area contributed by atoms with E-state index < -0.39 is 14.9 Å². The minimum atomic E-state index is -3.76. The Balaban J connectivity index is 1.33. The Kier molecular flexibility index (Phi) is 6.58. The van der Waals surface area contributed by atoms with E-state index in [4.69, 9.17) is 25.8 Å². The number of carbonyl (C=O) groups is 1. The summed E-state index contributed by atoms with van der Waals surface area (Å²) in [5.41, 5.74) is -0.186. The van der Waals surface area contributed by atoms with Gasteiger partial charge in [-0.25, -0.2) is 8.42 Å². The van der Waals surface area contributed by atoms with Crippen LogP contribution in [0.5, 0.6) is 17.2 Å². The standard InChI is InChI=1S/C20H20ClN3O8S/c21-16-11-14(24(26)27)1-3-17(16)32-13-20(25)22-5-7-23(8-6-22)33(28,29)15-2-4-18-19(12-15)31-10-9-30-18/h1-4,11-12H,5-10,13H2. The summed E-state index contributed by atoms with van der Waals surface area (Å²) in [6, 6.07) is 8.19. The maximum Gasteiger partial charge on any atom is 0.271 e. The minimum absolute atomic E-state index is 0.0207. The zero-order valence-corrected chi connectivity index (χ0v) is 18.9. The number of hydrogen-bond donors (Lipinski definition) is 0. The lowest BCUT2D eigenvalue weighted by molar-refractivity contribution is -0.384. The summed E-state index contributed by atoms with van der Waals surface area (Å²) in [5, 5.41) is 10.8. The fourth-order valence-electron chi connectivity index (χ4n) is 3.46. The number of ether oxygens (including phenoxy) is 3. The van der Waals surface area contributed by atoms with Crippen LogP contribution in [-0.2, 0) is 14.8 Å². The van der Waals surface area contributed by atoms with Crippen LogP contribution in [0.1, 0.15) is 0 Å². The first-order valence-corrected chi connectivity index (χ1v) is 11.8. The molecule has 1 saturated heterocycles. The number of hydrogen-bond acceptors (Lipinski definition) is 8. The molecule has 0 N–H and O–H groups in total. The molecule has 2 aliphatic heterocycles. The highest BCUT2D eigenvalue weighted by Crippen LogP contribution is 2.33. The normalized spacial score (nSPS) is 16.3. The van der Waals surface area contributed by atoms with Gasteiger partial charge in [-0.2, -0.15) is 4.31 Å². The monoisotopic (exact) mass is 497 g/mol. The van der Waals surface area contributed by atoms with E-state index in [1.165, 1.54) is 33.5 Å². The fraction of sp³-hybridized carbons (Fsp3) is 0.350. The molecule has 2 aromatic rings. The van der Waals surface area contributed by atoms with E-state index in [9.17, 15) is 23.3 Å². The van der Waals surface area contributed by atoms with E-state index in [0.29, 0.717) is 24.7 Å². The number of nitrogens with zero attached hydrogens (tertiary/aromatic N) is 3. The van der Waals surface area contributed by atoms with Crippen LogP contribution in [0.25, 0.3) is 0 Å². The summed E-state index contributed by atoms with van der Waals surface area (Å²) < 4.78 is 43.6. The van der Waals surface area contributed by atoms with Crippen molar-refractivity contribution in [2.45, 2.75) is 4.90 Å². The molecule has 4 rings (SSSR count). The summed E-state index contributed by atoms with van der Waals surface area (Å²) in [6.07, 6.45) is 0. The molecule has 0 aromatic heterocycles. The predicted molar refractivity (Wildman–Crippen MR) is 116 cm³/mol. The van der Waals surface area contributed by atoms with Crippen molar-refractivity contribution < 1.29 is 32.3 Å². The molecule has 0 aliphatic carbocycles. The van der Waals surface area contributed by atoms with Gasteiger partial charge in [0.2, 0.25) is 10.0 Å². The molecule has 0 radical (unpaired) electrons. The third kappa shape index (κ3) is 4.97. The lowest BCUT2D eigenvalue weighted by Crippen LogP contribution is -2.51. The lowest BCUT2D eigenvalue weighted by Gasteiger charge is -2.34. The van der Waals surface area contributed by atoms with Crippen molar-refractivity contribution in [2.75, 3.05) is 46.0 Å². The molecule has 13 heteroatoms. The number of carbonyl (C=O) groups excluding carboxylic acids is 1. The zero-order valence-electron chi connectivity index (χ0n) is 17.3. The number of nitro groups is 1. The molecule has 0 saturated carbocycles. The van der Waals surface area contributed by atoms with Crippen LogP contribution in [0.4, 0.5) is 5.69 Å². The molecule has 2 heterocycles. The number of fused-ring (bicyclic) bond motifs is 1. The van der Waals surface area contributed by atoms with Crippen LogP contribution >= 0.6 is 11.6 Å². The summed E-state index contributed by atoms with van der Waals surface area (Å²) in [6.45, 7) is 1.08. The summed E-state index contributed by atoms with van der Waals surface area (Å²) in [5.74, 6) is 0.693. The number of non-ortho nitro benzene ring substituents is 1. The second-order valence-corrected chi connectivity index (χ2v) is 9.60. The highest BCUT2D eigenvalue weighted by Gasteiger charge is 2.31. The number of amides is 1. The second-order valence-electron chi connectivity index (χ2n) is 7.25. The van der Waals surface area contributed by atoms with Crippen molar-refractivity contribution in [1.29, 1.82) is 0 Å². The van der Waals surface area contributed by atoms with Gasteiger partial charge in [0, 0.05) is 44.4 Å². The second kappa shape index (κ2) is 9.41. The van der Waals surface area contributed by atoms with E-state index in [1.54, 1.807) is 6.07 Å². The van der Waals surface area contributed by atoms with Gasteiger partial charge in [0.25, 0.3) is 11.6 Å². The maximum atomic E-state index is 13.0. The average Bonchev–Trinajstić information content (AvgIpc) is 2.82. The van der Waals surface area contributed by atoms with Crippen LogP contribution in [0, 0.1) is 10.1 Å². The van der Waals surface area contributed by atoms with Gasteiger partial charge in [0.05, 0.1) is 14.8 Å². The van der Waals surface area contributed by atoms with E-state index in [2.05, 4.69) is 0 Å². The summed E-state index contributed by atoms with van der Waals surface area (Å²) in [4.78, 5) is 24.3. The molecule has 1 fully saturated rings. The molecular weight excluding hydrogens is 478 g/mol. The molecule has 1 amide bonds. The van der Waals surface area contributed by atoms with Gasteiger partial charge in [-0.15, -0.1) is 0 Å². The predicted octanol–water partition coefficient (Wildman–Crippen LogP) is 1.93. The molecule has 2 aliphatic rings. The third-order valence-corrected chi connectivity index (χ3v) is 7.41. The van der Waals surface area contributed by atoms with Crippen molar-refractivity contribution >= 4 is 33.2 Å². The van der Waals surface area contributed by atoms with Crippen LogP contribution in [0.2, 0.25) is 5.02 Å². The van der Waals surface area contributed by atoms with Crippen molar-refractivity contribution in [2.24, 2.45) is 0 Å². The Morgan fingerprint density at radius 3 is 2.42 bits per heavy atom. The van der Waals surface area contributed by atoms with Crippen molar-refractivity contribution in [3.63, 3.8) is 0 Å². The van der Waals surface area contributed by atoms with Gasteiger partial charge in [0.1, 0.15) is 19.0 Å². The number of sulfonamides is 1. The molecule has 0 atom stereocenters. The molecule has 0 bridgehead atoms. The molecule has 0 spiro atoms. The number of piperazine rings is 1. The first-order valence-electron chi connectivity index (χ1n) is 10.00. The first kappa shape index (κ1) is 23.1. The van der Waals surface area contributed by atoms with Crippen molar-refractivity contribution in [1.82, 2.24) is 9.21 Å². The smallest absolute Gasteiger partial charge is 0.271 e. The summed E-state index contributed by atoms with van der Waals surface area (Å²) in [7, 11) is -3.76. The Morgan fingerprint density at radius 1 is 1.06 bits per heavy atom. The largest absolute Gasteiger partial charge is 0.486 e. The highest BCUT2D eigenvalue weighted by atomic mass is 35.5. The maximum absolute atomic E-state index is 13.0. The highest BCUT2D eigenvalue weighted by molar-refractivity contribution is 7.89. The van der Waals surface area contributed by atoms with Gasteiger partial charge in [-0.3, -0.25) is 14.9 Å². The van der Waals surface area contributed by atoms with Crippen LogP contribution < -0.4 is 14.2 Å². The zero-order chi connectivity index (χ0) is 23.6. The lowest BCUT2D eigenvalue weighted by atomic mass is 10.3. The van der Waals surface area contributed by atoms with Gasteiger partial charge in [0.15, 0.2) is 18.1 Å². The Morgan fingerprint density at radius 2 is 1.76 bits per heavy atom. The van der Waals surface area contributed by atoms with Crippen LogP contribution in [0.15, 0.2) is 41.3 Å². The molecule has 176 valence electrons. The van der Waals surface area contributed by atoms with Gasteiger partial charge in [-0.05, 0) is 18.2 Å². The van der Waals surface area contributed by atoms with Crippen LogP contribution in [-0.4, -0.2) is 74.5 Å². The molecule has 2 aromatic carbocycles. The number of halogens is 1. The quantitative estimate of drug-likeness (QED) is 0.437. The molecule has 0 unspecified atom stereocenters. The van der Waals surface area contributed by atoms with E-state index in [1.807, 2.05) is 0 Å². The van der Waals surface area contributed by atoms with Gasteiger partial charge < -0.3 is 19.1 Å². The first-order chi connectivity index (χ1) is 15.8. The van der Waals surface area contributed by atoms with Crippen molar-refractivity contribution in [3.8, 4) is 17.2 Å². The molecular formula is C20H20ClN3O8S. The van der Waals surface area contributed by atoms with E-state index in [-0.39, 0.29) is 60.0 Å². The average molecular weight is 498 g/mol. The van der Waals surface area contributed by atoms with Crippen molar-refractivity contribution in [3.05, 3.63) is 51.5 Å². The molecule has 33 heavy (non-hydrogen) atoms. The van der Waals surface area contributed by atoms with Crippen LogP contribution in [0.3, 0.4) is 0 Å². The topological polar surface area (TPSA) is 129 Å². The summed E-state index contributed by atoms with van der Waals surface area (Å²) >= 11 is 5.97. The Hall–Kier alpha value is -3.09. The number of rotatable bonds is 6. The molecule has 11 nitrogen and oxygen atoms in total. The van der Waals surface area contributed by atoms with E-state index in [0.717, 1.165) is 6.07 Å². The Bertz CT molecular complexity index is 1180. The fourth-order valence-corrected chi connectivity index (χ4v) is 5.13.